The summed E-state index contributed by atoms with van der Waals surface area (Å²) in [6.07, 6.45) is 9.09. The van der Waals surface area contributed by atoms with Gasteiger partial charge in [-0.05, 0) is 18.9 Å². The topological polar surface area (TPSA) is 106 Å². The van der Waals surface area contributed by atoms with Gasteiger partial charge in [-0.15, -0.1) is 0 Å². The Morgan fingerprint density at radius 2 is 2.29 bits per heavy atom. The van der Waals surface area contributed by atoms with Crippen LogP contribution in [0.2, 0.25) is 0 Å². The highest BCUT2D eigenvalue weighted by Gasteiger charge is 2.26. The molecule has 8 heteroatoms. The minimum absolute atomic E-state index is 0.168. The predicted octanol–water partition coefficient (Wildman–Crippen LogP) is 1.02. The Bertz CT molecular complexity index is 868. The zero-order valence-corrected chi connectivity index (χ0v) is 13.2. The first kappa shape index (κ1) is 14.7. The van der Waals surface area contributed by atoms with Crippen molar-refractivity contribution in [2.75, 3.05) is 18.0 Å². The van der Waals surface area contributed by atoms with Crippen molar-refractivity contribution >= 4 is 22.8 Å². The van der Waals surface area contributed by atoms with E-state index in [1.807, 2.05) is 23.0 Å². The number of nitrogens with one attached hydrogen (secondary N) is 1. The number of hydrogen-bond donors (Lipinski definition) is 2. The lowest BCUT2D eigenvalue weighted by Gasteiger charge is -2.33. The standard InChI is InChI=1S/C16H19N7O/c17-13(24)9-23-7-5-19-15(23)11-2-1-6-22(8-11)16-12-3-4-18-14(12)20-10-21-16/h3-5,7,10-11H,1-2,6,8-9H2,(H2,17,24)(H,18,20,21)/t11-/m1/s1. The summed E-state index contributed by atoms with van der Waals surface area (Å²) in [6.45, 7) is 1.93. The molecule has 0 radical (unpaired) electrons. The van der Waals surface area contributed by atoms with Gasteiger partial charge in [0.25, 0.3) is 0 Å². The van der Waals surface area contributed by atoms with Crippen molar-refractivity contribution < 1.29 is 4.79 Å². The van der Waals surface area contributed by atoms with E-state index < -0.39 is 0 Å². The maximum atomic E-state index is 11.2. The molecule has 4 heterocycles. The zero-order chi connectivity index (χ0) is 16.5. The van der Waals surface area contributed by atoms with Crippen molar-refractivity contribution in [3.05, 3.63) is 36.8 Å². The summed E-state index contributed by atoms with van der Waals surface area (Å²) in [7, 11) is 0. The lowest BCUT2D eigenvalue weighted by atomic mass is 9.97. The van der Waals surface area contributed by atoms with Crippen LogP contribution in [-0.4, -0.2) is 43.5 Å². The van der Waals surface area contributed by atoms with E-state index in [2.05, 4.69) is 24.8 Å². The number of fused-ring (bicyclic) bond motifs is 1. The summed E-state index contributed by atoms with van der Waals surface area (Å²) in [6, 6.07) is 2.00. The normalized spacial score (nSPS) is 18.2. The van der Waals surface area contributed by atoms with E-state index in [1.165, 1.54) is 0 Å². The van der Waals surface area contributed by atoms with Gasteiger partial charge in [0.15, 0.2) is 0 Å². The van der Waals surface area contributed by atoms with Gasteiger partial charge in [0.2, 0.25) is 5.91 Å². The highest BCUT2D eigenvalue weighted by atomic mass is 16.1. The monoisotopic (exact) mass is 325 g/mol. The molecular formula is C16H19N7O. The molecule has 0 aliphatic carbocycles. The van der Waals surface area contributed by atoms with Crippen LogP contribution in [0.3, 0.4) is 0 Å². The van der Waals surface area contributed by atoms with Crippen LogP contribution in [0.1, 0.15) is 24.6 Å². The van der Waals surface area contributed by atoms with Gasteiger partial charge in [0.05, 0.1) is 5.39 Å². The van der Waals surface area contributed by atoms with Crippen LogP contribution >= 0.6 is 0 Å². The maximum absolute atomic E-state index is 11.2. The average molecular weight is 325 g/mol. The predicted molar refractivity (Wildman–Crippen MR) is 89.5 cm³/mol. The zero-order valence-electron chi connectivity index (χ0n) is 13.2. The van der Waals surface area contributed by atoms with Crippen LogP contribution in [0.5, 0.6) is 0 Å². The number of amides is 1. The summed E-state index contributed by atoms with van der Waals surface area (Å²) in [5, 5.41) is 1.03. The van der Waals surface area contributed by atoms with Gasteiger partial charge in [0, 0.05) is 37.6 Å². The molecule has 1 aliphatic rings. The number of anilines is 1. The highest BCUT2D eigenvalue weighted by Crippen LogP contribution is 2.31. The Morgan fingerprint density at radius 1 is 1.38 bits per heavy atom. The Hall–Kier alpha value is -2.90. The number of primary amides is 1. The van der Waals surface area contributed by atoms with Gasteiger partial charge in [-0.2, -0.15) is 0 Å². The molecule has 8 nitrogen and oxygen atoms in total. The van der Waals surface area contributed by atoms with Crippen LogP contribution < -0.4 is 10.6 Å². The van der Waals surface area contributed by atoms with E-state index in [0.717, 1.165) is 48.6 Å². The lowest BCUT2D eigenvalue weighted by molar-refractivity contribution is -0.118. The number of hydrogen-bond acceptors (Lipinski definition) is 5. The third-order valence-corrected chi connectivity index (χ3v) is 4.49. The molecule has 1 amide bonds. The molecule has 1 saturated heterocycles. The molecule has 24 heavy (non-hydrogen) atoms. The molecule has 3 aromatic rings. The molecule has 124 valence electrons. The molecule has 0 unspecified atom stereocenters. The summed E-state index contributed by atoms with van der Waals surface area (Å²) < 4.78 is 1.85. The van der Waals surface area contributed by atoms with Crippen molar-refractivity contribution in [2.45, 2.75) is 25.3 Å². The van der Waals surface area contributed by atoms with Crippen molar-refractivity contribution in [1.82, 2.24) is 24.5 Å². The SMILES string of the molecule is NC(=O)Cn1ccnc1[C@@H]1CCCN(c2ncnc3[nH]ccc23)C1. The van der Waals surface area contributed by atoms with E-state index in [9.17, 15) is 4.79 Å². The first-order valence-corrected chi connectivity index (χ1v) is 8.05. The Kier molecular flexibility index (Phi) is 3.64. The van der Waals surface area contributed by atoms with E-state index in [-0.39, 0.29) is 18.4 Å². The van der Waals surface area contributed by atoms with Crippen molar-refractivity contribution in [2.24, 2.45) is 5.73 Å². The van der Waals surface area contributed by atoms with Gasteiger partial charge in [-0.3, -0.25) is 4.79 Å². The molecule has 3 aromatic heterocycles. The van der Waals surface area contributed by atoms with Crippen molar-refractivity contribution in [3.8, 4) is 0 Å². The first-order chi connectivity index (χ1) is 11.7. The number of nitrogens with zero attached hydrogens (tertiary/aromatic N) is 5. The van der Waals surface area contributed by atoms with E-state index in [1.54, 1.807) is 12.5 Å². The summed E-state index contributed by atoms with van der Waals surface area (Å²) in [5.74, 6) is 1.75. The molecule has 0 aromatic carbocycles. The number of rotatable bonds is 4. The van der Waals surface area contributed by atoms with E-state index in [4.69, 9.17) is 5.73 Å². The van der Waals surface area contributed by atoms with Gasteiger partial charge >= 0.3 is 0 Å². The fourth-order valence-electron chi connectivity index (χ4n) is 3.47. The highest BCUT2D eigenvalue weighted by molar-refractivity contribution is 5.87. The average Bonchev–Trinajstić information content (AvgIpc) is 3.23. The summed E-state index contributed by atoms with van der Waals surface area (Å²) in [5.41, 5.74) is 6.18. The summed E-state index contributed by atoms with van der Waals surface area (Å²) >= 11 is 0. The fraction of sp³-hybridized carbons (Fsp3) is 0.375. The summed E-state index contributed by atoms with van der Waals surface area (Å²) in [4.78, 5) is 29.8. The molecule has 0 saturated carbocycles. The largest absolute Gasteiger partial charge is 0.368 e. The van der Waals surface area contributed by atoms with Crippen molar-refractivity contribution in [1.29, 1.82) is 0 Å². The minimum Gasteiger partial charge on any atom is -0.368 e. The maximum Gasteiger partial charge on any atom is 0.237 e. The Morgan fingerprint density at radius 3 is 3.17 bits per heavy atom. The third-order valence-electron chi connectivity index (χ3n) is 4.49. The van der Waals surface area contributed by atoms with Gasteiger partial charge in [0.1, 0.15) is 30.2 Å². The van der Waals surface area contributed by atoms with Crippen LogP contribution in [0.15, 0.2) is 31.0 Å². The molecule has 1 aliphatic heterocycles. The van der Waals surface area contributed by atoms with Crippen LogP contribution in [0.25, 0.3) is 11.0 Å². The molecule has 4 rings (SSSR count). The number of carbonyl (C=O) groups is 1. The van der Waals surface area contributed by atoms with E-state index >= 15 is 0 Å². The van der Waals surface area contributed by atoms with Crippen molar-refractivity contribution in [3.63, 3.8) is 0 Å². The lowest BCUT2D eigenvalue weighted by Crippen LogP contribution is -2.36. The molecule has 3 N–H and O–H groups in total. The molecule has 0 bridgehead atoms. The number of carbonyl (C=O) groups excluding carboxylic acids is 1. The second-order valence-corrected chi connectivity index (χ2v) is 6.10. The molecule has 0 spiro atoms. The number of piperidine rings is 1. The van der Waals surface area contributed by atoms with E-state index in [0.29, 0.717) is 0 Å². The number of imidazole rings is 1. The molecule has 1 atom stereocenters. The molecule has 1 fully saturated rings. The second-order valence-electron chi connectivity index (χ2n) is 6.10. The van der Waals surface area contributed by atoms with Crippen LogP contribution in [-0.2, 0) is 11.3 Å². The quantitative estimate of drug-likeness (QED) is 0.745. The van der Waals surface area contributed by atoms with Crippen LogP contribution in [0, 0.1) is 0 Å². The first-order valence-electron chi connectivity index (χ1n) is 8.05. The Labute approximate surface area is 138 Å². The second kappa shape index (κ2) is 5.95. The smallest absolute Gasteiger partial charge is 0.237 e. The molecular weight excluding hydrogens is 306 g/mol. The number of H-pyrrole nitrogens is 1. The fourth-order valence-corrected chi connectivity index (χ4v) is 3.47. The minimum atomic E-state index is -0.355. The van der Waals surface area contributed by atoms with Gasteiger partial charge in [-0.1, -0.05) is 0 Å². The number of aromatic amines is 1. The van der Waals surface area contributed by atoms with Gasteiger partial charge < -0.3 is 20.2 Å². The Balaban J connectivity index is 1.61. The number of aromatic nitrogens is 5. The third kappa shape index (κ3) is 2.60. The number of nitrogens with two attached hydrogens (primary N) is 1. The van der Waals surface area contributed by atoms with Gasteiger partial charge in [-0.25, -0.2) is 15.0 Å². The van der Waals surface area contributed by atoms with Crippen LogP contribution in [0.4, 0.5) is 5.82 Å².